The highest BCUT2D eigenvalue weighted by molar-refractivity contribution is 7.80. The second kappa shape index (κ2) is 2.61. The van der Waals surface area contributed by atoms with Crippen LogP contribution in [0.5, 0.6) is 0 Å². The van der Waals surface area contributed by atoms with Crippen LogP contribution in [0.3, 0.4) is 0 Å². The zero-order valence-electron chi connectivity index (χ0n) is 4.72. The number of carbonyl (C=O) groups is 1. The number of carboxylic acid groups (broad SMARTS) is 1. The maximum absolute atomic E-state index is 10.1. The van der Waals surface area contributed by atoms with Gasteiger partial charge in [0.25, 0.3) is 5.82 Å². The van der Waals surface area contributed by atoms with E-state index in [-0.39, 0.29) is 5.82 Å². The van der Waals surface area contributed by atoms with Gasteiger partial charge in [-0.1, -0.05) is 0 Å². The summed E-state index contributed by atoms with van der Waals surface area (Å²) in [6.07, 6.45) is 1.22. The molecule has 52 valence electrons. The SMILES string of the molecule is O=C(O)c1ncc(S)nn1. The van der Waals surface area contributed by atoms with Gasteiger partial charge in [0.2, 0.25) is 0 Å². The summed E-state index contributed by atoms with van der Waals surface area (Å²) in [5, 5.41) is 15.2. The Kier molecular flexibility index (Phi) is 1.81. The van der Waals surface area contributed by atoms with Gasteiger partial charge in [-0.3, -0.25) is 0 Å². The van der Waals surface area contributed by atoms with E-state index in [0.29, 0.717) is 5.03 Å². The molecule has 5 nitrogen and oxygen atoms in total. The summed E-state index contributed by atoms with van der Waals surface area (Å²) >= 11 is 3.77. The minimum atomic E-state index is -1.19. The lowest BCUT2D eigenvalue weighted by Gasteiger charge is -1.88. The molecular weight excluding hydrogens is 154 g/mol. The molecule has 0 spiro atoms. The predicted molar refractivity (Wildman–Crippen MR) is 34.0 cm³/mol. The van der Waals surface area contributed by atoms with Crippen LogP contribution in [0.25, 0.3) is 0 Å². The van der Waals surface area contributed by atoms with Crippen LogP contribution in [0.4, 0.5) is 0 Å². The summed E-state index contributed by atoms with van der Waals surface area (Å²) in [5.41, 5.74) is 0. The number of hydrogen-bond donors (Lipinski definition) is 2. The average Bonchev–Trinajstić information content (AvgIpc) is 1.88. The Morgan fingerprint density at radius 2 is 2.30 bits per heavy atom. The summed E-state index contributed by atoms with van der Waals surface area (Å²) in [6.45, 7) is 0. The Hall–Kier alpha value is -1.17. The lowest BCUT2D eigenvalue weighted by Crippen LogP contribution is -2.04. The molecule has 0 fully saturated rings. The minimum Gasteiger partial charge on any atom is -0.475 e. The lowest BCUT2D eigenvalue weighted by molar-refractivity contribution is 0.0681. The molecule has 1 N–H and O–H groups in total. The molecule has 1 aromatic heterocycles. The molecule has 0 saturated carbocycles. The summed E-state index contributed by atoms with van der Waals surface area (Å²) in [5.74, 6) is -1.52. The van der Waals surface area contributed by atoms with Crippen molar-refractivity contribution >= 4 is 18.6 Å². The van der Waals surface area contributed by atoms with E-state index < -0.39 is 5.97 Å². The molecule has 6 heteroatoms. The minimum absolute atomic E-state index is 0.296. The van der Waals surface area contributed by atoms with Crippen LogP contribution in [0, 0.1) is 0 Å². The average molecular weight is 157 g/mol. The first-order valence-corrected chi connectivity index (χ1v) is 2.77. The van der Waals surface area contributed by atoms with E-state index in [0.717, 1.165) is 0 Å². The maximum atomic E-state index is 10.1. The molecule has 0 aliphatic rings. The Balaban J connectivity index is 3.00. The highest BCUT2D eigenvalue weighted by Gasteiger charge is 2.04. The van der Waals surface area contributed by atoms with Crippen molar-refractivity contribution in [3.8, 4) is 0 Å². The van der Waals surface area contributed by atoms with E-state index in [1.165, 1.54) is 6.20 Å². The monoisotopic (exact) mass is 157 g/mol. The first-order valence-electron chi connectivity index (χ1n) is 2.32. The van der Waals surface area contributed by atoms with E-state index in [4.69, 9.17) is 5.11 Å². The van der Waals surface area contributed by atoms with Crippen LogP contribution in [-0.2, 0) is 0 Å². The van der Waals surface area contributed by atoms with Crippen molar-refractivity contribution in [3.63, 3.8) is 0 Å². The number of rotatable bonds is 1. The zero-order valence-corrected chi connectivity index (χ0v) is 5.62. The van der Waals surface area contributed by atoms with Gasteiger partial charge in [0.05, 0.1) is 6.20 Å². The van der Waals surface area contributed by atoms with Gasteiger partial charge in [-0.15, -0.1) is 22.8 Å². The van der Waals surface area contributed by atoms with Gasteiger partial charge in [-0.25, -0.2) is 9.78 Å². The van der Waals surface area contributed by atoms with Gasteiger partial charge in [-0.2, -0.15) is 0 Å². The molecule has 0 unspecified atom stereocenters. The van der Waals surface area contributed by atoms with Gasteiger partial charge < -0.3 is 5.11 Å². The molecule has 1 heterocycles. The second-order valence-electron chi connectivity index (χ2n) is 1.45. The van der Waals surface area contributed by atoms with E-state index in [1.54, 1.807) is 0 Å². The normalized spacial score (nSPS) is 9.30. The number of aromatic nitrogens is 3. The highest BCUT2D eigenvalue weighted by atomic mass is 32.1. The number of nitrogens with zero attached hydrogens (tertiary/aromatic N) is 3. The van der Waals surface area contributed by atoms with Gasteiger partial charge in [-0.05, 0) is 0 Å². The summed E-state index contributed by atoms with van der Waals surface area (Å²) in [4.78, 5) is 13.6. The Bertz CT molecular complexity index is 247. The topological polar surface area (TPSA) is 76.0 Å². The molecule has 0 aliphatic heterocycles. The molecule has 1 aromatic rings. The first kappa shape index (κ1) is 6.94. The smallest absolute Gasteiger partial charge is 0.375 e. The molecule has 0 amide bonds. The van der Waals surface area contributed by atoms with Crippen LogP contribution in [-0.4, -0.2) is 26.3 Å². The fourth-order valence-electron chi connectivity index (χ4n) is 0.367. The van der Waals surface area contributed by atoms with Crippen LogP contribution in [0.15, 0.2) is 11.2 Å². The van der Waals surface area contributed by atoms with Crippen LogP contribution in [0.1, 0.15) is 10.6 Å². The number of thiol groups is 1. The molecular formula is C4H3N3O2S. The van der Waals surface area contributed by atoms with Crippen LogP contribution >= 0.6 is 12.6 Å². The summed E-state index contributed by atoms with van der Waals surface area (Å²) in [6, 6.07) is 0. The summed E-state index contributed by atoms with van der Waals surface area (Å²) in [7, 11) is 0. The van der Waals surface area contributed by atoms with E-state index in [9.17, 15) is 4.79 Å². The van der Waals surface area contributed by atoms with Gasteiger partial charge in [0, 0.05) is 0 Å². The standard InChI is InChI=1S/C4H3N3O2S/c8-4(9)3-5-1-2(10)6-7-3/h1H,(H,6,10)(H,8,9). The largest absolute Gasteiger partial charge is 0.475 e. The van der Waals surface area contributed by atoms with Crippen molar-refractivity contribution in [1.29, 1.82) is 0 Å². The van der Waals surface area contributed by atoms with Crippen molar-refractivity contribution < 1.29 is 9.90 Å². The lowest BCUT2D eigenvalue weighted by atomic mass is 10.6. The van der Waals surface area contributed by atoms with E-state index >= 15 is 0 Å². The fourth-order valence-corrected chi connectivity index (χ4v) is 0.470. The zero-order chi connectivity index (χ0) is 7.56. The Morgan fingerprint density at radius 1 is 1.60 bits per heavy atom. The Morgan fingerprint density at radius 3 is 2.70 bits per heavy atom. The number of hydrogen-bond acceptors (Lipinski definition) is 5. The predicted octanol–water partition coefficient (Wildman–Crippen LogP) is -0.142. The number of aromatic carboxylic acids is 1. The fraction of sp³-hybridized carbons (Fsp3) is 0. The molecule has 0 radical (unpaired) electrons. The van der Waals surface area contributed by atoms with Crippen molar-refractivity contribution in [3.05, 3.63) is 12.0 Å². The van der Waals surface area contributed by atoms with Crippen LogP contribution < -0.4 is 0 Å². The highest BCUT2D eigenvalue weighted by Crippen LogP contribution is 1.94. The van der Waals surface area contributed by atoms with Crippen molar-refractivity contribution in [2.24, 2.45) is 0 Å². The molecule has 0 saturated heterocycles. The van der Waals surface area contributed by atoms with Crippen molar-refractivity contribution in [1.82, 2.24) is 15.2 Å². The third kappa shape index (κ3) is 1.41. The summed E-state index contributed by atoms with van der Waals surface area (Å²) < 4.78 is 0. The maximum Gasteiger partial charge on any atom is 0.375 e. The van der Waals surface area contributed by atoms with E-state index in [2.05, 4.69) is 27.8 Å². The third-order valence-electron chi connectivity index (χ3n) is 0.741. The first-order chi connectivity index (χ1) is 4.70. The molecule has 1 rings (SSSR count). The van der Waals surface area contributed by atoms with Crippen molar-refractivity contribution in [2.75, 3.05) is 0 Å². The Labute approximate surface area is 61.5 Å². The van der Waals surface area contributed by atoms with Crippen LogP contribution in [0.2, 0.25) is 0 Å². The molecule has 0 aliphatic carbocycles. The van der Waals surface area contributed by atoms with Gasteiger partial charge in [0.1, 0.15) is 5.03 Å². The van der Waals surface area contributed by atoms with E-state index in [1.807, 2.05) is 0 Å². The molecule has 0 atom stereocenters. The second-order valence-corrected chi connectivity index (χ2v) is 1.90. The molecule has 10 heavy (non-hydrogen) atoms. The quantitative estimate of drug-likeness (QED) is 0.555. The number of carboxylic acids is 1. The van der Waals surface area contributed by atoms with Gasteiger partial charge >= 0.3 is 5.97 Å². The third-order valence-corrected chi connectivity index (χ3v) is 0.946. The molecule has 0 bridgehead atoms. The molecule has 0 aromatic carbocycles. The van der Waals surface area contributed by atoms with Gasteiger partial charge in [0.15, 0.2) is 0 Å². The van der Waals surface area contributed by atoms with Crippen molar-refractivity contribution in [2.45, 2.75) is 5.03 Å².